The summed E-state index contributed by atoms with van der Waals surface area (Å²) in [6, 6.07) is 0. The fourth-order valence-electron chi connectivity index (χ4n) is 0. The minimum Gasteiger partial charge on any atom is -0.284 e. The van der Waals surface area contributed by atoms with Gasteiger partial charge in [0.2, 0.25) is 0 Å². The van der Waals surface area contributed by atoms with Gasteiger partial charge < -0.3 is 0 Å². The van der Waals surface area contributed by atoms with Crippen LogP contribution < -0.4 is 0 Å². The minimum atomic E-state index is -2.61. The predicted octanol–water partition coefficient (Wildman–Crippen LogP) is -1.24. The Labute approximate surface area is 48.0 Å². The fourth-order valence-corrected chi connectivity index (χ4v) is 0. The van der Waals surface area contributed by atoms with Crippen LogP contribution in [0, 0.1) is 0 Å². The van der Waals surface area contributed by atoms with Crippen LogP contribution in [0.4, 0.5) is 0 Å². The lowest BCUT2D eigenvalue weighted by molar-refractivity contribution is 0.454. The molecule has 0 heterocycles. The lowest BCUT2D eigenvalue weighted by atomic mass is 15.8. The third-order valence-electron chi connectivity index (χ3n) is 0. The van der Waals surface area contributed by atoms with Crippen molar-refractivity contribution in [1.82, 2.24) is 0 Å². The van der Waals surface area contributed by atoms with Crippen LogP contribution in [0.5, 0.6) is 0 Å². The predicted molar refractivity (Wildman–Crippen MR) is 21.9 cm³/mol. The maximum Gasteiger partial charge on any atom is 0.316 e. The van der Waals surface area contributed by atoms with Gasteiger partial charge in [-0.05, 0) is 0 Å². The van der Waals surface area contributed by atoms with Crippen LogP contribution >= 0.6 is 0 Å². The molecule has 3 nitrogen and oxygen atoms in total. The minimum absolute atomic E-state index is 0. The molecule has 0 rings (SSSR count). The zero-order chi connectivity index (χ0) is 3.58. The van der Waals surface area contributed by atoms with Crippen LogP contribution in [0.1, 0.15) is 0 Å². The molecule has 0 aromatic heterocycles. The topological polar surface area (TPSA) is 57.5 Å². The zero-order valence-electron chi connectivity index (χ0n) is 1.71. The second kappa shape index (κ2) is 4.84. The summed E-state index contributed by atoms with van der Waals surface area (Å²) in [5, 5.41) is 0. The van der Waals surface area contributed by atoms with Crippen LogP contribution in [0.3, 0.4) is 0 Å². The Kier molecular flexibility index (Phi) is 8.97. The monoisotopic (exact) mass is 108 g/mol. The highest BCUT2D eigenvalue weighted by molar-refractivity contribution is 7.73. The van der Waals surface area contributed by atoms with Gasteiger partial charge in [0.1, 0.15) is 0 Å². The lowest BCUT2D eigenvalue weighted by Crippen LogP contribution is -1.74. The van der Waals surface area contributed by atoms with E-state index in [-0.39, 0.29) is 23.1 Å². The summed E-state index contributed by atoms with van der Waals surface area (Å²) in [5.41, 5.74) is 0. The first kappa shape index (κ1) is 9.28. The highest BCUT2D eigenvalue weighted by Crippen LogP contribution is 1.44. The van der Waals surface area contributed by atoms with Gasteiger partial charge in [-0.25, -0.2) is 0 Å². The second-order valence-electron chi connectivity index (χ2n) is 0.231. The maximum atomic E-state index is 8.67. The molecule has 0 unspecified atom stereocenters. The van der Waals surface area contributed by atoms with Crippen molar-refractivity contribution in [3.05, 3.63) is 0 Å². The summed E-state index contributed by atoms with van der Waals surface area (Å²) in [6.07, 6.45) is 0. The SMILES string of the molecule is O=S(O)O.[MgH2]. The smallest absolute Gasteiger partial charge is 0.284 e. The molecule has 0 fully saturated rings. The van der Waals surface area contributed by atoms with Crippen LogP contribution in [0.15, 0.2) is 0 Å². The lowest BCUT2D eigenvalue weighted by Gasteiger charge is -1.59. The van der Waals surface area contributed by atoms with Crippen molar-refractivity contribution in [3.8, 4) is 0 Å². The molecule has 0 aliphatic heterocycles. The second-order valence-corrected chi connectivity index (χ2v) is 0.692. The van der Waals surface area contributed by atoms with E-state index in [1.165, 1.54) is 0 Å². The first-order valence-electron chi connectivity index (χ1n) is 0.532. The van der Waals surface area contributed by atoms with Gasteiger partial charge in [0.25, 0.3) is 11.4 Å². The molecule has 0 amide bonds. The summed E-state index contributed by atoms with van der Waals surface area (Å²) < 4.78 is 22.8. The first-order valence-corrected chi connectivity index (χ1v) is 1.60. The van der Waals surface area contributed by atoms with E-state index >= 15 is 0 Å². The maximum absolute atomic E-state index is 8.67. The van der Waals surface area contributed by atoms with Gasteiger partial charge in [0.15, 0.2) is 0 Å². The van der Waals surface area contributed by atoms with Gasteiger partial charge in [-0.1, -0.05) is 0 Å². The van der Waals surface area contributed by atoms with Crippen molar-refractivity contribution in [2.75, 3.05) is 0 Å². The van der Waals surface area contributed by atoms with Crippen LogP contribution in [0.2, 0.25) is 0 Å². The third-order valence-corrected chi connectivity index (χ3v) is 0. The average molecular weight is 108 g/mol. The number of rotatable bonds is 0. The normalized spacial score (nSPS) is 7.00. The Morgan fingerprint density at radius 2 is 1.40 bits per heavy atom. The molecule has 5 heteroatoms. The van der Waals surface area contributed by atoms with E-state index in [0.29, 0.717) is 0 Å². The van der Waals surface area contributed by atoms with Crippen LogP contribution in [0.25, 0.3) is 0 Å². The molecule has 2 N–H and O–H groups in total. The fraction of sp³-hybridized carbons (Fsp3) is 0. The highest BCUT2D eigenvalue weighted by atomic mass is 32.2. The van der Waals surface area contributed by atoms with Crippen molar-refractivity contribution < 1.29 is 13.3 Å². The van der Waals surface area contributed by atoms with Crippen molar-refractivity contribution >= 4 is 34.4 Å². The van der Waals surface area contributed by atoms with E-state index in [4.69, 9.17) is 13.3 Å². The molecule has 0 bridgehead atoms. The summed E-state index contributed by atoms with van der Waals surface area (Å²) >= 11 is -2.61. The molecular weight excluding hydrogens is 104 g/mol. The van der Waals surface area contributed by atoms with E-state index in [0.717, 1.165) is 0 Å². The molecule has 0 spiro atoms. The van der Waals surface area contributed by atoms with Gasteiger partial charge in [-0.15, -0.1) is 0 Å². The molecule has 0 aromatic rings. The molecule has 0 saturated heterocycles. The molecule has 30 valence electrons. The molecule has 0 atom stereocenters. The van der Waals surface area contributed by atoms with Gasteiger partial charge in [-0.3, -0.25) is 9.11 Å². The Morgan fingerprint density at radius 1 is 1.40 bits per heavy atom. The van der Waals surface area contributed by atoms with Crippen molar-refractivity contribution in [1.29, 1.82) is 0 Å². The molecule has 0 aliphatic carbocycles. The van der Waals surface area contributed by atoms with Crippen molar-refractivity contribution in [2.24, 2.45) is 0 Å². The highest BCUT2D eigenvalue weighted by Gasteiger charge is 1.62. The summed E-state index contributed by atoms with van der Waals surface area (Å²) in [6.45, 7) is 0. The standard InChI is InChI=1S/Mg.H2O3S.2H/c;1-4(2)3;;/h;(H2,1,2,3);;. The molecule has 0 aliphatic rings. The quantitative estimate of drug-likeness (QED) is 0.302. The van der Waals surface area contributed by atoms with E-state index in [1.54, 1.807) is 0 Å². The average Bonchev–Trinajstić information content (AvgIpc) is 0.811. The van der Waals surface area contributed by atoms with Crippen molar-refractivity contribution in [3.63, 3.8) is 0 Å². The van der Waals surface area contributed by atoms with E-state index in [9.17, 15) is 0 Å². The largest absolute Gasteiger partial charge is 0.316 e. The first-order chi connectivity index (χ1) is 1.73. The summed E-state index contributed by atoms with van der Waals surface area (Å²) in [4.78, 5) is 0. The van der Waals surface area contributed by atoms with Gasteiger partial charge in [0, 0.05) is 0 Å². The van der Waals surface area contributed by atoms with Gasteiger partial charge in [-0.2, -0.15) is 4.21 Å². The molecule has 0 aromatic carbocycles. The Hall–Kier alpha value is 0.836. The summed E-state index contributed by atoms with van der Waals surface area (Å²) in [5.74, 6) is 0. The number of hydrogen-bond donors (Lipinski definition) is 2. The summed E-state index contributed by atoms with van der Waals surface area (Å²) in [7, 11) is 0. The Balaban J connectivity index is 0. The van der Waals surface area contributed by atoms with Gasteiger partial charge in [0.05, 0.1) is 0 Å². The Bertz CT molecular complexity index is 29.9. The van der Waals surface area contributed by atoms with Crippen LogP contribution in [-0.4, -0.2) is 36.4 Å². The third kappa shape index (κ3) is 55.6. The molecular formula is H4MgO3S. The Morgan fingerprint density at radius 3 is 1.40 bits per heavy atom. The van der Waals surface area contributed by atoms with Gasteiger partial charge >= 0.3 is 23.1 Å². The van der Waals surface area contributed by atoms with Crippen LogP contribution in [-0.2, 0) is 11.4 Å². The molecule has 5 heavy (non-hydrogen) atoms. The molecule has 0 saturated carbocycles. The van der Waals surface area contributed by atoms with E-state index < -0.39 is 11.4 Å². The van der Waals surface area contributed by atoms with E-state index in [2.05, 4.69) is 0 Å². The van der Waals surface area contributed by atoms with E-state index in [1.807, 2.05) is 0 Å². The number of hydrogen-bond acceptors (Lipinski definition) is 1. The van der Waals surface area contributed by atoms with Crippen molar-refractivity contribution in [2.45, 2.75) is 0 Å². The zero-order valence-corrected chi connectivity index (χ0v) is 2.53. The molecule has 0 radical (unpaired) electrons.